The van der Waals surface area contributed by atoms with Gasteiger partial charge in [0.05, 0.1) is 0 Å². The van der Waals surface area contributed by atoms with Crippen molar-refractivity contribution in [1.82, 2.24) is 9.80 Å². The zero-order valence-electron chi connectivity index (χ0n) is 13.9. The van der Waals surface area contributed by atoms with Crippen LogP contribution in [0.25, 0.3) is 0 Å². The van der Waals surface area contributed by atoms with Crippen LogP contribution in [0.3, 0.4) is 0 Å². The normalized spacial score (nSPS) is 21.1. The van der Waals surface area contributed by atoms with Crippen molar-refractivity contribution >= 4 is 0 Å². The summed E-state index contributed by atoms with van der Waals surface area (Å²) in [6.07, 6.45) is 2.22. The average molecular weight is 289 g/mol. The first-order chi connectivity index (χ1) is 10.1. The molecule has 2 rings (SSSR count). The Kier molecular flexibility index (Phi) is 6.22. The van der Waals surface area contributed by atoms with Crippen LogP contribution in [0.2, 0.25) is 0 Å². The zero-order chi connectivity index (χ0) is 15.2. The molecule has 1 aliphatic rings. The van der Waals surface area contributed by atoms with Crippen LogP contribution >= 0.6 is 0 Å². The van der Waals surface area contributed by atoms with Crippen LogP contribution in [-0.4, -0.2) is 48.1 Å². The number of nitrogens with zero attached hydrogens (tertiary/aromatic N) is 2. The second kappa shape index (κ2) is 7.92. The second-order valence-corrected chi connectivity index (χ2v) is 6.49. The van der Waals surface area contributed by atoms with Crippen molar-refractivity contribution in [2.24, 2.45) is 5.73 Å². The van der Waals surface area contributed by atoms with Gasteiger partial charge in [-0.15, -0.1) is 0 Å². The van der Waals surface area contributed by atoms with Gasteiger partial charge >= 0.3 is 0 Å². The molecule has 1 aliphatic heterocycles. The Bertz CT molecular complexity index is 430. The summed E-state index contributed by atoms with van der Waals surface area (Å²) in [5.74, 6) is 0. The third-order valence-corrected chi connectivity index (χ3v) is 4.58. The third kappa shape index (κ3) is 4.53. The lowest BCUT2D eigenvalue weighted by atomic mass is 10.0. The molecule has 0 unspecified atom stereocenters. The molecule has 0 aliphatic carbocycles. The van der Waals surface area contributed by atoms with Crippen LogP contribution in [0.4, 0.5) is 0 Å². The molecule has 3 heteroatoms. The van der Waals surface area contributed by atoms with E-state index in [1.807, 2.05) is 0 Å². The number of benzene rings is 1. The molecule has 1 heterocycles. The first-order valence-corrected chi connectivity index (χ1v) is 8.40. The fourth-order valence-electron chi connectivity index (χ4n) is 3.43. The highest BCUT2D eigenvalue weighted by Crippen LogP contribution is 2.18. The molecular weight excluding hydrogens is 258 g/mol. The van der Waals surface area contributed by atoms with Crippen LogP contribution in [0.1, 0.15) is 38.3 Å². The van der Waals surface area contributed by atoms with Gasteiger partial charge in [-0.05, 0) is 44.4 Å². The van der Waals surface area contributed by atoms with Crippen molar-refractivity contribution in [3.8, 4) is 0 Å². The number of hydrogen-bond donors (Lipinski definition) is 1. The summed E-state index contributed by atoms with van der Waals surface area (Å²) < 4.78 is 0. The van der Waals surface area contributed by atoms with Gasteiger partial charge in [-0.25, -0.2) is 0 Å². The Hall–Kier alpha value is -0.900. The number of hydrogen-bond acceptors (Lipinski definition) is 3. The van der Waals surface area contributed by atoms with Crippen molar-refractivity contribution in [3.63, 3.8) is 0 Å². The summed E-state index contributed by atoms with van der Waals surface area (Å²) in [6, 6.07) is 10.3. The molecule has 1 aromatic rings. The van der Waals surface area contributed by atoms with E-state index < -0.39 is 0 Å². The molecule has 0 amide bonds. The number of rotatable bonds is 6. The molecule has 1 saturated heterocycles. The highest BCUT2D eigenvalue weighted by molar-refractivity contribution is 5.23. The maximum atomic E-state index is 5.66. The summed E-state index contributed by atoms with van der Waals surface area (Å²) in [6.45, 7) is 12.3. The van der Waals surface area contributed by atoms with E-state index in [1.165, 1.54) is 37.2 Å². The second-order valence-electron chi connectivity index (χ2n) is 6.49. The first kappa shape index (κ1) is 16.5. The van der Waals surface area contributed by atoms with E-state index in [9.17, 15) is 0 Å². The van der Waals surface area contributed by atoms with Crippen molar-refractivity contribution < 1.29 is 0 Å². The van der Waals surface area contributed by atoms with E-state index >= 15 is 0 Å². The van der Waals surface area contributed by atoms with Gasteiger partial charge in [0, 0.05) is 38.3 Å². The molecule has 0 spiro atoms. The van der Waals surface area contributed by atoms with Crippen LogP contribution in [0, 0.1) is 0 Å². The minimum atomic E-state index is 0.657. The van der Waals surface area contributed by atoms with Gasteiger partial charge in [-0.1, -0.05) is 31.2 Å². The molecule has 3 nitrogen and oxygen atoms in total. The van der Waals surface area contributed by atoms with E-state index in [4.69, 9.17) is 5.73 Å². The lowest BCUT2D eigenvalue weighted by Gasteiger charge is -2.43. The largest absolute Gasteiger partial charge is 0.330 e. The summed E-state index contributed by atoms with van der Waals surface area (Å²) in [4.78, 5) is 5.26. The van der Waals surface area contributed by atoms with Crippen LogP contribution in [0.15, 0.2) is 24.3 Å². The maximum absolute atomic E-state index is 5.66. The zero-order valence-corrected chi connectivity index (χ0v) is 13.9. The van der Waals surface area contributed by atoms with E-state index in [0.29, 0.717) is 12.1 Å². The van der Waals surface area contributed by atoms with Crippen molar-refractivity contribution in [1.29, 1.82) is 0 Å². The summed E-state index contributed by atoms with van der Waals surface area (Å²) in [5, 5.41) is 0. The molecule has 118 valence electrons. The van der Waals surface area contributed by atoms with E-state index in [1.54, 1.807) is 0 Å². The van der Waals surface area contributed by atoms with Gasteiger partial charge in [0.15, 0.2) is 0 Å². The maximum Gasteiger partial charge on any atom is 0.0235 e. The summed E-state index contributed by atoms with van der Waals surface area (Å²) >= 11 is 0. The molecule has 2 N–H and O–H groups in total. The lowest BCUT2D eigenvalue weighted by Crippen LogP contribution is -2.54. The predicted molar refractivity (Wildman–Crippen MR) is 90.4 cm³/mol. The van der Waals surface area contributed by atoms with Crippen LogP contribution in [0.5, 0.6) is 0 Å². The van der Waals surface area contributed by atoms with Gasteiger partial charge in [-0.2, -0.15) is 0 Å². The molecular formula is C18H31N3. The molecule has 1 aromatic carbocycles. The highest BCUT2D eigenvalue weighted by Gasteiger charge is 2.27. The molecule has 0 aromatic heterocycles. The van der Waals surface area contributed by atoms with Gasteiger partial charge in [0.25, 0.3) is 0 Å². The summed E-state index contributed by atoms with van der Waals surface area (Å²) in [7, 11) is 0. The third-order valence-electron chi connectivity index (χ3n) is 4.58. The van der Waals surface area contributed by atoms with Crippen molar-refractivity contribution in [3.05, 3.63) is 35.4 Å². The molecule has 1 fully saturated rings. The average Bonchev–Trinajstić information content (AvgIpc) is 2.47. The Balaban J connectivity index is 1.96. The standard InChI is InChI=1S/C18H31N3/c1-4-18-14-20(10-11-21(18)15(2)3)13-17-7-5-6-16(12-17)8-9-19/h5-7,12,15,18H,4,8-11,13-14,19H2,1-3H3/t18-/m1/s1. The fourth-order valence-corrected chi connectivity index (χ4v) is 3.43. The summed E-state index contributed by atoms with van der Waals surface area (Å²) in [5.41, 5.74) is 8.45. The smallest absolute Gasteiger partial charge is 0.0235 e. The SMILES string of the molecule is CC[C@@H]1CN(Cc2cccc(CCN)c2)CCN1C(C)C. The number of piperazine rings is 1. The van der Waals surface area contributed by atoms with Gasteiger partial charge in [0.2, 0.25) is 0 Å². The lowest BCUT2D eigenvalue weighted by molar-refractivity contribution is 0.0457. The van der Waals surface area contributed by atoms with Crippen LogP contribution < -0.4 is 5.73 Å². The fraction of sp³-hybridized carbons (Fsp3) is 0.667. The minimum Gasteiger partial charge on any atom is -0.330 e. The van der Waals surface area contributed by atoms with E-state index in [0.717, 1.165) is 19.5 Å². The topological polar surface area (TPSA) is 32.5 Å². The quantitative estimate of drug-likeness (QED) is 0.873. The van der Waals surface area contributed by atoms with E-state index in [-0.39, 0.29) is 0 Å². The van der Waals surface area contributed by atoms with Crippen LogP contribution in [-0.2, 0) is 13.0 Å². The molecule has 0 saturated carbocycles. The first-order valence-electron chi connectivity index (χ1n) is 8.40. The molecule has 0 radical (unpaired) electrons. The Morgan fingerprint density at radius 1 is 1.24 bits per heavy atom. The Morgan fingerprint density at radius 3 is 2.67 bits per heavy atom. The number of nitrogens with two attached hydrogens (primary N) is 1. The monoisotopic (exact) mass is 289 g/mol. The van der Waals surface area contributed by atoms with E-state index in [2.05, 4.69) is 54.8 Å². The predicted octanol–water partition coefficient (Wildman–Crippen LogP) is 2.49. The van der Waals surface area contributed by atoms with Gasteiger partial charge in [0.1, 0.15) is 0 Å². The molecule has 0 bridgehead atoms. The van der Waals surface area contributed by atoms with Crippen molar-refractivity contribution in [2.45, 2.75) is 52.2 Å². The van der Waals surface area contributed by atoms with Gasteiger partial charge < -0.3 is 5.73 Å². The molecule has 21 heavy (non-hydrogen) atoms. The Morgan fingerprint density at radius 2 is 2.00 bits per heavy atom. The highest BCUT2D eigenvalue weighted by atomic mass is 15.3. The minimum absolute atomic E-state index is 0.657. The molecule has 1 atom stereocenters. The van der Waals surface area contributed by atoms with Gasteiger partial charge in [-0.3, -0.25) is 9.80 Å². The Labute approximate surface area is 130 Å². The van der Waals surface area contributed by atoms with Crippen molar-refractivity contribution in [2.75, 3.05) is 26.2 Å².